The van der Waals surface area contributed by atoms with E-state index in [0.717, 1.165) is 33.8 Å². The Morgan fingerprint density at radius 2 is 1.71 bits per heavy atom. The van der Waals surface area contributed by atoms with Crippen LogP contribution in [0.4, 0.5) is 0 Å². The molecule has 135 valence electrons. The molecule has 0 bridgehead atoms. The number of hydrogen-bond donors (Lipinski definition) is 0. The van der Waals surface area contributed by atoms with Gasteiger partial charge < -0.3 is 0 Å². The first-order valence-corrected chi connectivity index (χ1v) is 8.99. The Kier molecular flexibility index (Phi) is 4.94. The summed E-state index contributed by atoms with van der Waals surface area (Å²) in [6.07, 6.45) is 1.97. The summed E-state index contributed by atoms with van der Waals surface area (Å²) in [7, 11) is 2.04. The molecule has 0 atom stereocenters. The molecule has 0 amide bonds. The zero-order valence-electron chi connectivity index (χ0n) is 16.1. The minimum atomic E-state index is 0. The third kappa shape index (κ3) is 2.83. The van der Waals surface area contributed by atoms with Crippen LogP contribution >= 0.6 is 0 Å². The van der Waals surface area contributed by atoms with Gasteiger partial charge in [0, 0.05) is 38.9 Å². The van der Waals surface area contributed by atoms with E-state index in [1.807, 2.05) is 37.5 Å². The molecule has 0 aliphatic heterocycles. The molecule has 2 aromatic carbocycles. The number of rotatable bonds is 2. The van der Waals surface area contributed by atoms with Crippen molar-refractivity contribution in [1.29, 1.82) is 0 Å². The van der Waals surface area contributed by atoms with Gasteiger partial charge in [0.25, 0.3) is 0 Å². The number of fused-ring (bicyclic) bond motifs is 3. The number of pyridine rings is 1. The normalized spacial score (nSPS) is 11.1. The first-order valence-electron chi connectivity index (χ1n) is 8.99. The number of aromatic nitrogens is 4. The van der Waals surface area contributed by atoms with Crippen molar-refractivity contribution in [1.82, 2.24) is 14.0 Å². The van der Waals surface area contributed by atoms with Gasteiger partial charge in [-0.3, -0.25) is 20.1 Å². The molecular weight excluding hydrogens is 421 g/mol. The van der Waals surface area contributed by atoms with E-state index in [-0.39, 0.29) is 32.7 Å². The summed E-state index contributed by atoms with van der Waals surface area (Å²) < 4.78 is 6.53. The van der Waals surface area contributed by atoms with Gasteiger partial charge >= 0.3 is 5.78 Å². The average Bonchev–Trinajstić information content (AvgIpc) is 3.18. The summed E-state index contributed by atoms with van der Waals surface area (Å²) in [4.78, 5) is 4.91. The van der Waals surface area contributed by atoms with E-state index in [1.165, 1.54) is 11.4 Å². The zero-order valence-corrected chi connectivity index (χ0v) is 19.0. The van der Waals surface area contributed by atoms with Crippen LogP contribution in [-0.2, 0) is 39.8 Å². The van der Waals surface area contributed by atoms with Crippen molar-refractivity contribution in [2.45, 2.75) is 13.8 Å². The van der Waals surface area contributed by atoms with Gasteiger partial charge in [-0.1, -0.05) is 12.1 Å². The topological polar surface area (TPSA) is 26.1 Å². The van der Waals surface area contributed by atoms with Crippen molar-refractivity contribution in [3.63, 3.8) is 0 Å². The largest absolute Gasteiger partial charge is 0.311 e. The van der Waals surface area contributed by atoms with Crippen molar-refractivity contribution in [3.05, 3.63) is 84.3 Å². The zero-order chi connectivity index (χ0) is 18.5. The molecule has 0 N–H and O–H groups in total. The van der Waals surface area contributed by atoms with Crippen LogP contribution in [0.25, 0.3) is 33.8 Å². The smallest absolute Gasteiger partial charge is 0.260 e. The number of para-hydroxylation sites is 2. The quantitative estimate of drug-likeness (QED) is 0.301. The molecule has 5 heteroatoms. The summed E-state index contributed by atoms with van der Waals surface area (Å²) in [5.74, 6) is 1.97. The minimum Gasteiger partial charge on any atom is -0.260 e. The number of hydrogen-bond acceptors (Lipinski definition) is 1. The van der Waals surface area contributed by atoms with E-state index in [9.17, 15) is 0 Å². The molecule has 0 saturated carbocycles. The maximum Gasteiger partial charge on any atom is 0.311 e. The molecule has 4 nitrogen and oxygen atoms in total. The summed E-state index contributed by atoms with van der Waals surface area (Å²) in [6, 6.07) is 25.1. The Balaban J connectivity index is 0.00000192. The molecule has 0 spiro atoms. The summed E-state index contributed by atoms with van der Waals surface area (Å²) >= 11 is 0. The Labute approximate surface area is 189 Å². The standard InChI is InChI=1S/C23H19N4.Y/c1-16-17(2)27(23-24-20-11-7-8-12-21(20)26(16)23)22-15-19(13-14-25(22)3)18-9-5-4-6-10-18;/h4-9,11-12,14-15H,1-3H3;/q-1;. The van der Waals surface area contributed by atoms with Gasteiger partial charge in [-0.25, -0.2) is 12.1 Å². The van der Waals surface area contributed by atoms with E-state index in [2.05, 4.69) is 69.8 Å². The summed E-state index contributed by atoms with van der Waals surface area (Å²) in [5.41, 5.74) is 6.56. The number of benzene rings is 2. The molecule has 0 aliphatic carbocycles. The van der Waals surface area contributed by atoms with Crippen molar-refractivity contribution >= 4 is 16.8 Å². The summed E-state index contributed by atoms with van der Waals surface area (Å²) in [6.45, 7) is 4.29. The van der Waals surface area contributed by atoms with E-state index >= 15 is 0 Å². The fourth-order valence-electron chi connectivity index (χ4n) is 3.69. The van der Waals surface area contributed by atoms with Crippen LogP contribution in [0.15, 0.2) is 60.8 Å². The third-order valence-corrected chi connectivity index (χ3v) is 5.21. The fraction of sp³-hybridized carbons (Fsp3) is 0.130. The van der Waals surface area contributed by atoms with Crippen LogP contribution in [0, 0.1) is 26.0 Å². The van der Waals surface area contributed by atoms with Gasteiger partial charge in [-0.05, 0) is 26.0 Å². The third-order valence-electron chi connectivity index (χ3n) is 5.21. The molecule has 3 heterocycles. The van der Waals surface area contributed by atoms with Crippen molar-refractivity contribution < 1.29 is 37.3 Å². The second kappa shape index (κ2) is 7.27. The van der Waals surface area contributed by atoms with Gasteiger partial charge in [0.1, 0.15) is 5.69 Å². The number of aryl methyl sites for hydroxylation is 2. The maximum absolute atomic E-state index is 4.91. The maximum atomic E-state index is 4.91. The monoisotopic (exact) mass is 440 g/mol. The van der Waals surface area contributed by atoms with Gasteiger partial charge in [0.2, 0.25) is 5.82 Å². The molecule has 28 heavy (non-hydrogen) atoms. The molecule has 5 aromatic rings. The fourth-order valence-corrected chi connectivity index (χ4v) is 3.69. The molecule has 1 radical (unpaired) electrons. The van der Waals surface area contributed by atoms with Gasteiger partial charge in [-0.15, -0.1) is 12.1 Å². The van der Waals surface area contributed by atoms with Crippen LogP contribution in [0.3, 0.4) is 0 Å². The van der Waals surface area contributed by atoms with E-state index in [1.54, 1.807) is 0 Å². The SMILES string of the molecule is Cc1c(C)n2c3ccccc3nc2n1-c1cc(-c2[c-]cccc2)[c-]c[n+]1C.[Y]. The second-order valence-corrected chi connectivity index (χ2v) is 6.82. The Morgan fingerprint density at radius 3 is 2.50 bits per heavy atom. The van der Waals surface area contributed by atoms with Gasteiger partial charge in [0.15, 0.2) is 0 Å². The van der Waals surface area contributed by atoms with Crippen molar-refractivity contribution in [2.75, 3.05) is 0 Å². The Hall–Kier alpha value is -2.30. The summed E-state index contributed by atoms with van der Waals surface area (Å²) in [5, 5.41) is 0. The molecule has 0 fully saturated rings. The molecule has 3 aromatic heterocycles. The minimum absolute atomic E-state index is 0. The Bertz CT molecular complexity index is 1300. The molecule has 0 aliphatic rings. The van der Waals surface area contributed by atoms with Crippen LogP contribution < -0.4 is 4.57 Å². The first-order chi connectivity index (χ1) is 13.1. The first kappa shape index (κ1) is 19.0. The van der Waals surface area contributed by atoms with Crippen LogP contribution in [0.5, 0.6) is 0 Å². The van der Waals surface area contributed by atoms with E-state index in [4.69, 9.17) is 4.98 Å². The van der Waals surface area contributed by atoms with Crippen molar-refractivity contribution in [2.24, 2.45) is 7.05 Å². The van der Waals surface area contributed by atoms with Crippen LogP contribution in [0.1, 0.15) is 11.4 Å². The molecule has 5 rings (SSSR count). The van der Waals surface area contributed by atoms with Gasteiger partial charge in [0.05, 0.1) is 23.8 Å². The predicted molar refractivity (Wildman–Crippen MR) is 106 cm³/mol. The molecular formula is C23H19N4Y-. The average molecular weight is 440 g/mol. The number of imidazole rings is 2. The van der Waals surface area contributed by atoms with E-state index < -0.39 is 0 Å². The predicted octanol–water partition coefficient (Wildman–Crippen LogP) is 3.98. The second-order valence-electron chi connectivity index (χ2n) is 6.82. The molecule has 0 unspecified atom stereocenters. The van der Waals surface area contributed by atoms with Gasteiger partial charge in [-0.2, -0.15) is 27.8 Å². The Morgan fingerprint density at radius 1 is 0.929 bits per heavy atom. The van der Waals surface area contributed by atoms with Crippen LogP contribution in [-0.4, -0.2) is 14.0 Å². The van der Waals surface area contributed by atoms with Crippen molar-refractivity contribution in [3.8, 4) is 16.9 Å². The molecule has 0 saturated heterocycles. The van der Waals surface area contributed by atoms with Crippen LogP contribution in [0.2, 0.25) is 0 Å². The number of nitrogens with zero attached hydrogens (tertiary/aromatic N) is 4. The van der Waals surface area contributed by atoms with E-state index in [0.29, 0.717) is 0 Å².